The number of anilines is 1. The largest absolute Gasteiger partial charge is 0.507 e. The predicted octanol–water partition coefficient (Wildman–Crippen LogP) is 4.55. The zero-order valence-electron chi connectivity index (χ0n) is 16.5. The number of rotatable bonds is 5. The number of Topliss-reactive ketones (excluding diaryl/α,β-unsaturated/α-hetero) is 1. The Morgan fingerprint density at radius 1 is 1.10 bits per heavy atom. The number of ketones is 1. The van der Waals surface area contributed by atoms with Crippen LogP contribution in [0.25, 0.3) is 5.76 Å². The number of hydrogen-bond donors (Lipinski definition) is 1. The fraction of sp³-hybridized carbons (Fsp3) is 0.136. The van der Waals surface area contributed by atoms with E-state index in [2.05, 4.69) is 20.9 Å². The van der Waals surface area contributed by atoms with Crippen LogP contribution in [0.5, 0.6) is 11.5 Å². The van der Waals surface area contributed by atoms with Gasteiger partial charge in [0.25, 0.3) is 5.78 Å². The third kappa shape index (κ3) is 3.70. The number of hydrogen-bond acceptors (Lipinski definition) is 7. The molecular weight excluding hydrogens is 484 g/mol. The van der Waals surface area contributed by atoms with Gasteiger partial charge in [-0.15, -0.1) is 11.3 Å². The molecule has 1 N–H and O–H groups in total. The molecule has 1 unspecified atom stereocenters. The minimum Gasteiger partial charge on any atom is -0.507 e. The molecule has 1 saturated heterocycles. The molecule has 0 aliphatic carbocycles. The smallest absolute Gasteiger partial charge is 0.301 e. The number of aliphatic hydroxyl groups is 1. The molecule has 158 valence electrons. The highest BCUT2D eigenvalue weighted by Crippen LogP contribution is 2.44. The van der Waals surface area contributed by atoms with Crippen LogP contribution in [-0.4, -0.2) is 36.0 Å². The lowest BCUT2D eigenvalue weighted by Crippen LogP contribution is -2.29. The molecule has 31 heavy (non-hydrogen) atoms. The minimum atomic E-state index is -0.880. The van der Waals surface area contributed by atoms with Crippen LogP contribution in [0, 0.1) is 0 Å². The molecule has 0 spiro atoms. The number of ether oxygens (including phenoxy) is 2. The SMILES string of the molecule is COc1ccc(C2/C(=C(/O)c3ccc(Br)cc3)C(=O)C(=O)N2c2nccs2)cc1OC. The summed E-state index contributed by atoms with van der Waals surface area (Å²) in [6.45, 7) is 0. The van der Waals surface area contributed by atoms with E-state index in [-0.39, 0.29) is 11.3 Å². The number of nitrogens with zero attached hydrogens (tertiary/aromatic N) is 2. The summed E-state index contributed by atoms with van der Waals surface area (Å²) in [5.41, 5.74) is 0.978. The normalized spacial score (nSPS) is 17.8. The van der Waals surface area contributed by atoms with Crippen molar-refractivity contribution in [2.75, 3.05) is 19.1 Å². The van der Waals surface area contributed by atoms with Crippen molar-refractivity contribution >= 4 is 49.8 Å². The molecule has 1 aromatic heterocycles. The van der Waals surface area contributed by atoms with Gasteiger partial charge in [-0.05, 0) is 29.8 Å². The third-order valence-electron chi connectivity index (χ3n) is 4.91. The van der Waals surface area contributed by atoms with Gasteiger partial charge in [-0.25, -0.2) is 4.98 Å². The third-order valence-corrected chi connectivity index (χ3v) is 6.21. The second-order valence-corrected chi connectivity index (χ2v) is 8.39. The lowest BCUT2D eigenvalue weighted by Gasteiger charge is -2.23. The molecular formula is C22H17BrN2O5S. The fourth-order valence-corrected chi connectivity index (χ4v) is 4.40. The Morgan fingerprint density at radius 3 is 2.42 bits per heavy atom. The van der Waals surface area contributed by atoms with Gasteiger partial charge in [0, 0.05) is 21.6 Å². The van der Waals surface area contributed by atoms with Crippen LogP contribution in [0.15, 0.2) is 64.1 Å². The van der Waals surface area contributed by atoms with Crippen LogP contribution < -0.4 is 14.4 Å². The molecule has 1 atom stereocenters. The lowest BCUT2D eigenvalue weighted by atomic mass is 9.95. The molecule has 3 aromatic rings. The molecule has 0 radical (unpaired) electrons. The Balaban J connectivity index is 1.94. The molecule has 1 aliphatic heterocycles. The van der Waals surface area contributed by atoms with E-state index < -0.39 is 17.7 Å². The highest BCUT2D eigenvalue weighted by molar-refractivity contribution is 9.10. The van der Waals surface area contributed by atoms with Crippen molar-refractivity contribution in [3.8, 4) is 11.5 Å². The van der Waals surface area contributed by atoms with E-state index in [9.17, 15) is 14.7 Å². The fourth-order valence-electron chi connectivity index (χ4n) is 3.47. The topological polar surface area (TPSA) is 89.0 Å². The number of methoxy groups -OCH3 is 2. The first-order chi connectivity index (χ1) is 15.0. The minimum absolute atomic E-state index is 0.0188. The summed E-state index contributed by atoms with van der Waals surface area (Å²) >= 11 is 4.58. The van der Waals surface area contributed by atoms with Crippen molar-refractivity contribution in [2.45, 2.75) is 6.04 Å². The molecule has 1 amide bonds. The van der Waals surface area contributed by atoms with Crippen LogP contribution in [0.3, 0.4) is 0 Å². The first-order valence-corrected chi connectivity index (χ1v) is 10.8. The van der Waals surface area contributed by atoms with Gasteiger partial charge < -0.3 is 14.6 Å². The Morgan fingerprint density at radius 2 is 1.81 bits per heavy atom. The van der Waals surface area contributed by atoms with E-state index in [4.69, 9.17) is 9.47 Å². The van der Waals surface area contributed by atoms with Crippen molar-refractivity contribution < 1.29 is 24.2 Å². The van der Waals surface area contributed by atoms with Crippen molar-refractivity contribution in [3.05, 3.63) is 75.2 Å². The van der Waals surface area contributed by atoms with Crippen LogP contribution in [0.1, 0.15) is 17.2 Å². The second-order valence-electron chi connectivity index (χ2n) is 6.61. The number of carbonyl (C=O) groups is 2. The summed E-state index contributed by atoms with van der Waals surface area (Å²) < 4.78 is 11.5. The Hall–Kier alpha value is -3.17. The van der Waals surface area contributed by atoms with Crippen LogP contribution >= 0.6 is 27.3 Å². The average molecular weight is 501 g/mol. The Kier molecular flexibility index (Phi) is 5.79. The number of amides is 1. The first-order valence-electron chi connectivity index (χ1n) is 9.14. The van der Waals surface area contributed by atoms with Crippen molar-refractivity contribution in [2.24, 2.45) is 0 Å². The maximum absolute atomic E-state index is 13.1. The van der Waals surface area contributed by atoms with E-state index in [0.717, 1.165) is 4.47 Å². The summed E-state index contributed by atoms with van der Waals surface area (Å²) in [4.78, 5) is 31.6. The second kappa shape index (κ2) is 8.52. The summed E-state index contributed by atoms with van der Waals surface area (Å²) in [5.74, 6) is -0.854. The molecule has 0 saturated carbocycles. The number of thiazole rings is 1. The molecule has 4 rings (SSSR count). The molecule has 1 fully saturated rings. The van der Waals surface area contributed by atoms with Gasteiger partial charge in [-0.2, -0.15) is 0 Å². The van der Waals surface area contributed by atoms with Crippen molar-refractivity contribution in [3.63, 3.8) is 0 Å². The number of carbonyl (C=O) groups excluding carboxylic acids is 2. The van der Waals surface area contributed by atoms with E-state index in [1.54, 1.807) is 54.0 Å². The van der Waals surface area contributed by atoms with Gasteiger partial charge in [0.2, 0.25) is 0 Å². The van der Waals surface area contributed by atoms with Gasteiger partial charge in [-0.1, -0.05) is 34.1 Å². The monoisotopic (exact) mass is 500 g/mol. The highest BCUT2D eigenvalue weighted by atomic mass is 79.9. The zero-order chi connectivity index (χ0) is 22.1. The number of aliphatic hydroxyl groups excluding tert-OH is 1. The molecule has 7 nitrogen and oxygen atoms in total. The van der Waals surface area contributed by atoms with E-state index in [1.807, 2.05) is 0 Å². The van der Waals surface area contributed by atoms with E-state index in [1.165, 1.54) is 30.5 Å². The Bertz CT molecular complexity index is 1180. The lowest BCUT2D eigenvalue weighted by molar-refractivity contribution is -0.132. The van der Waals surface area contributed by atoms with Gasteiger partial charge >= 0.3 is 5.91 Å². The van der Waals surface area contributed by atoms with Crippen molar-refractivity contribution in [1.29, 1.82) is 0 Å². The van der Waals surface area contributed by atoms with Gasteiger partial charge in [-0.3, -0.25) is 14.5 Å². The van der Waals surface area contributed by atoms with Crippen LogP contribution in [0.2, 0.25) is 0 Å². The van der Waals surface area contributed by atoms with Gasteiger partial charge in [0.15, 0.2) is 16.6 Å². The summed E-state index contributed by atoms with van der Waals surface area (Å²) in [7, 11) is 3.02. The maximum Gasteiger partial charge on any atom is 0.301 e. The van der Waals surface area contributed by atoms with E-state index in [0.29, 0.717) is 27.8 Å². The first kappa shape index (κ1) is 21.1. The maximum atomic E-state index is 13.1. The Labute approximate surface area is 190 Å². The number of halogens is 1. The quantitative estimate of drug-likeness (QED) is 0.314. The van der Waals surface area contributed by atoms with Gasteiger partial charge in [0.1, 0.15) is 5.76 Å². The predicted molar refractivity (Wildman–Crippen MR) is 121 cm³/mol. The molecule has 0 bridgehead atoms. The molecule has 9 heteroatoms. The van der Waals surface area contributed by atoms with Crippen molar-refractivity contribution in [1.82, 2.24) is 4.98 Å². The van der Waals surface area contributed by atoms with Gasteiger partial charge in [0.05, 0.1) is 25.8 Å². The number of benzene rings is 2. The summed E-state index contributed by atoms with van der Waals surface area (Å²) in [5, 5.41) is 13.1. The average Bonchev–Trinajstić information content (AvgIpc) is 3.40. The summed E-state index contributed by atoms with van der Waals surface area (Å²) in [6, 6.07) is 11.1. The summed E-state index contributed by atoms with van der Waals surface area (Å²) in [6.07, 6.45) is 1.56. The molecule has 2 aromatic carbocycles. The molecule has 2 heterocycles. The standard InChI is InChI=1S/C22H17BrN2O5S/c1-29-15-8-5-13(11-16(15)30-2)18-17(19(26)12-3-6-14(23)7-4-12)20(27)21(28)25(18)22-24-9-10-31-22/h3-11,18,26H,1-2H3/b19-17-. The van der Waals surface area contributed by atoms with E-state index >= 15 is 0 Å². The molecule has 1 aliphatic rings. The number of aromatic nitrogens is 1. The van der Waals surface area contributed by atoms with Crippen LogP contribution in [-0.2, 0) is 9.59 Å². The van der Waals surface area contributed by atoms with Crippen LogP contribution in [0.4, 0.5) is 5.13 Å². The highest BCUT2D eigenvalue weighted by Gasteiger charge is 2.48. The zero-order valence-corrected chi connectivity index (χ0v) is 18.9.